The molecule has 0 bridgehead atoms. The molecular formula is C18H20N2O3. The number of amides is 2. The Bertz CT molecular complexity index is 726. The summed E-state index contributed by atoms with van der Waals surface area (Å²) >= 11 is 0. The first-order valence-corrected chi connectivity index (χ1v) is 7.30. The molecule has 23 heavy (non-hydrogen) atoms. The number of carbonyl (C=O) groups excluding carboxylic acids is 2. The lowest BCUT2D eigenvalue weighted by Crippen LogP contribution is -2.35. The molecule has 2 N–H and O–H groups in total. The molecule has 2 aromatic rings. The van der Waals surface area contributed by atoms with Crippen molar-refractivity contribution in [3.8, 4) is 5.75 Å². The van der Waals surface area contributed by atoms with Gasteiger partial charge in [0, 0.05) is 17.8 Å². The summed E-state index contributed by atoms with van der Waals surface area (Å²) in [6.45, 7) is 4.08. The molecule has 0 aromatic heterocycles. The summed E-state index contributed by atoms with van der Waals surface area (Å²) in [7, 11) is 1.56. The van der Waals surface area contributed by atoms with Crippen LogP contribution in [-0.2, 0) is 16.1 Å². The summed E-state index contributed by atoms with van der Waals surface area (Å²) in [6.07, 6.45) is 0. The summed E-state index contributed by atoms with van der Waals surface area (Å²) in [4.78, 5) is 23.9. The van der Waals surface area contributed by atoms with Crippen LogP contribution in [0.1, 0.15) is 16.7 Å². The van der Waals surface area contributed by atoms with Crippen molar-refractivity contribution in [2.24, 2.45) is 0 Å². The minimum atomic E-state index is -0.686. The van der Waals surface area contributed by atoms with Crippen molar-refractivity contribution in [2.45, 2.75) is 20.4 Å². The van der Waals surface area contributed by atoms with Gasteiger partial charge in [0.05, 0.1) is 7.11 Å². The van der Waals surface area contributed by atoms with Crippen molar-refractivity contribution in [3.05, 3.63) is 59.2 Å². The third-order valence-corrected chi connectivity index (χ3v) is 3.69. The molecule has 0 aliphatic rings. The van der Waals surface area contributed by atoms with E-state index in [2.05, 4.69) is 10.6 Å². The van der Waals surface area contributed by atoms with Gasteiger partial charge < -0.3 is 15.4 Å². The minimum Gasteiger partial charge on any atom is -0.496 e. The number of rotatable bonds is 4. The number of methoxy groups -OCH3 is 1. The number of carbonyl (C=O) groups is 2. The van der Waals surface area contributed by atoms with Gasteiger partial charge in [-0.25, -0.2) is 0 Å². The van der Waals surface area contributed by atoms with Crippen molar-refractivity contribution in [3.63, 3.8) is 0 Å². The van der Waals surface area contributed by atoms with E-state index >= 15 is 0 Å². The van der Waals surface area contributed by atoms with Crippen LogP contribution in [0.15, 0.2) is 42.5 Å². The largest absolute Gasteiger partial charge is 0.496 e. The van der Waals surface area contributed by atoms with E-state index in [-0.39, 0.29) is 6.54 Å². The van der Waals surface area contributed by atoms with Crippen LogP contribution in [0.4, 0.5) is 5.69 Å². The van der Waals surface area contributed by atoms with Crippen LogP contribution >= 0.6 is 0 Å². The minimum absolute atomic E-state index is 0.225. The number of hydrogen-bond donors (Lipinski definition) is 2. The maximum absolute atomic E-state index is 12.0. The van der Waals surface area contributed by atoms with Gasteiger partial charge in [0.1, 0.15) is 5.75 Å². The molecule has 0 unspecified atom stereocenters. The van der Waals surface area contributed by atoms with E-state index in [0.717, 1.165) is 16.7 Å². The smallest absolute Gasteiger partial charge is 0.313 e. The molecule has 5 nitrogen and oxygen atoms in total. The Morgan fingerprint density at radius 2 is 1.74 bits per heavy atom. The molecule has 0 heterocycles. The van der Waals surface area contributed by atoms with Gasteiger partial charge in [-0.05, 0) is 37.1 Å². The fourth-order valence-electron chi connectivity index (χ4n) is 2.17. The lowest BCUT2D eigenvalue weighted by atomic mass is 10.1. The molecule has 0 radical (unpaired) electrons. The quantitative estimate of drug-likeness (QED) is 0.853. The number of aryl methyl sites for hydroxylation is 1. The fourth-order valence-corrected chi connectivity index (χ4v) is 2.17. The molecule has 0 atom stereocenters. The molecule has 0 spiro atoms. The number of anilines is 1. The van der Waals surface area contributed by atoms with Gasteiger partial charge in [0.15, 0.2) is 0 Å². The van der Waals surface area contributed by atoms with Crippen molar-refractivity contribution in [1.82, 2.24) is 5.32 Å². The number of nitrogens with one attached hydrogen (secondary N) is 2. The molecule has 2 rings (SSSR count). The standard InChI is InChI=1S/C18H20N2O3/c1-12-7-6-9-15(13(12)2)20-18(22)17(21)19-11-14-8-4-5-10-16(14)23-3/h4-10H,11H2,1-3H3,(H,19,21)(H,20,22). The van der Waals surface area contributed by atoms with Gasteiger partial charge in [-0.2, -0.15) is 0 Å². The zero-order valence-corrected chi connectivity index (χ0v) is 13.5. The molecule has 0 fully saturated rings. The van der Waals surface area contributed by atoms with E-state index in [0.29, 0.717) is 11.4 Å². The predicted octanol–water partition coefficient (Wildman–Crippen LogP) is 2.57. The average Bonchev–Trinajstić information content (AvgIpc) is 2.57. The molecular weight excluding hydrogens is 292 g/mol. The molecule has 0 saturated heterocycles. The molecule has 0 aliphatic heterocycles. The Hall–Kier alpha value is -2.82. The molecule has 0 aliphatic carbocycles. The van der Waals surface area contributed by atoms with Crippen molar-refractivity contribution in [2.75, 3.05) is 12.4 Å². The van der Waals surface area contributed by atoms with E-state index in [9.17, 15) is 9.59 Å². The zero-order valence-electron chi connectivity index (χ0n) is 13.5. The van der Waals surface area contributed by atoms with E-state index < -0.39 is 11.8 Å². The predicted molar refractivity (Wildman–Crippen MR) is 89.4 cm³/mol. The summed E-state index contributed by atoms with van der Waals surface area (Å²) in [5.74, 6) is -0.701. The van der Waals surface area contributed by atoms with Crippen LogP contribution in [0.2, 0.25) is 0 Å². The van der Waals surface area contributed by atoms with Crippen molar-refractivity contribution >= 4 is 17.5 Å². The highest BCUT2D eigenvalue weighted by Gasteiger charge is 2.15. The van der Waals surface area contributed by atoms with Gasteiger partial charge in [-0.3, -0.25) is 9.59 Å². The first kappa shape index (κ1) is 16.5. The molecule has 5 heteroatoms. The maximum atomic E-state index is 12.0. The lowest BCUT2D eigenvalue weighted by molar-refractivity contribution is -0.136. The maximum Gasteiger partial charge on any atom is 0.313 e. The Morgan fingerprint density at radius 1 is 1.00 bits per heavy atom. The summed E-state index contributed by atoms with van der Waals surface area (Å²) < 4.78 is 5.21. The average molecular weight is 312 g/mol. The summed E-state index contributed by atoms with van der Waals surface area (Å²) in [5.41, 5.74) is 3.45. The Labute approximate surface area is 135 Å². The molecule has 0 saturated carbocycles. The zero-order chi connectivity index (χ0) is 16.8. The van der Waals surface area contributed by atoms with Gasteiger partial charge in [0.25, 0.3) is 0 Å². The second kappa shape index (κ2) is 7.45. The first-order valence-electron chi connectivity index (χ1n) is 7.30. The lowest BCUT2D eigenvalue weighted by Gasteiger charge is -2.11. The van der Waals surface area contributed by atoms with Crippen LogP contribution < -0.4 is 15.4 Å². The van der Waals surface area contributed by atoms with Crippen molar-refractivity contribution in [1.29, 1.82) is 0 Å². The SMILES string of the molecule is COc1ccccc1CNC(=O)C(=O)Nc1cccc(C)c1C. The van der Waals surface area contributed by atoms with Crippen molar-refractivity contribution < 1.29 is 14.3 Å². The normalized spacial score (nSPS) is 10.0. The molecule has 2 aromatic carbocycles. The third kappa shape index (κ3) is 4.10. The number of para-hydroxylation sites is 1. The highest BCUT2D eigenvalue weighted by Crippen LogP contribution is 2.18. The molecule has 120 valence electrons. The third-order valence-electron chi connectivity index (χ3n) is 3.69. The van der Waals surface area contributed by atoms with Gasteiger partial charge in [0.2, 0.25) is 0 Å². The Kier molecular flexibility index (Phi) is 5.36. The fraction of sp³-hybridized carbons (Fsp3) is 0.222. The van der Waals surface area contributed by atoms with E-state index in [1.54, 1.807) is 19.2 Å². The second-order valence-corrected chi connectivity index (χ2v) is 5.20. The number of benzene rings is 2. The Morgan fingerprint density at radius 3 is 2.48 bits per heavy atom. The van der Waals surface area contributed by atoms with E-state index in [1.165, 1.54) is 0 Å². The van der Waals surface area contributed by atoms with E-state index in [1.807, 2.05) is 44.2 Å². The van der Waals surface area contributed by atoms with Crippen LogP contribution in [-0.4, -0.2) is 18.9 Å². The number of hydrogen-bond acceptors (Lipinski definition) is 3. The summed E-state index contributed by atoms with van der Waals surface area (Å²) in [5, 5.41) is 5.23. The van der Waals surface area contributed by atoms with Crippen LogP contribution in [0.5, 0.6) is 5.75 Å². The van der Waals surface area contributed by atoms with Gasteiger partial charge >= 0.3 is 11.8 Å². The highest BCUT2D eigenvalue weighted by molar-refractivity contribution is 6.39. The molecule has 2 amide bonds. The Balaban J connectivity index is 1.98. The van der Waals surface area contributed by atoms with Gasteiger partial charge in [-0.1, -0.05) is 30.3 Å². The van der Waals surface area contributed by atoms with Crippen LogP contribution in [0, 0.1) is 13.8 Å². The number of ether oxygens (including phenoxy) is 1. The highest BCUT2D eigenvalue weighted by atomic mass is 16.5. The first-order chi connectivity index (χ1) is 11.0. The van der Waals surface area contributed by atoms with Crippen LogP contribution in [0.3, 0.4) is 0 Å². The summed E-state index contributed by atoms with van der Waals surface area (Å²) in [6, 6.07) is 12.9. The van der Waals surface area contributed by atoms with Gasteiger partial charge in [-0.15, -0.1) is 0 Å². The second-order valence-electron chi connectivity index (χ2n) is 5.20. The topological polar surface area (TPSA) is 67.4 Å². The van der Waals surface area contributed by atoms with E-state index in [4.69, 9.17) is 4.74 Å². The monoisotopic (exact) mass is 312 g/mol. The van der Waals surface area contributed by atoms with Crippen LogP contribution in [0.25, 0.3) is 0 Å².